The maximum absolute atomic E-state index is 12.9. The number of benzene rings is 3. The number of fused-ring (bicyclic) bond motifs is 2. The minimum absolute atomic E-state index is 0.0119. The van der Waals surface area contributed by atoms with Crippen LogP contribution in [0.15, 0.2) is 87.8 Å². The van der Waals surface area contributed by atoms with Crippen molar-refractivity contribution in [3.8, 4) is 5.75 Å². The Bertz CT molecular complexity index is 2470. The largest absolute Gasteiger partial charge is 0.387 e. The molecule has 19 heteroatoms. The number of hydrogen-bond acceptors (Lipinski definition) is 10. The van der Waals surface area contributed by atoms with Crippen LogP contribution in [0.25, 0.3) is 5.57 Å². The van der Waals surface area contributed by atoms with E-state index in [1.807, 2.05) is 0 Å². The maximum Gasteiger partial charge on any atom is 0.361 e. The molecule has 0 spiro atoms. The van der Waals surface area contributed by atoms with Crippen molar-refractivity contribution >= 4 is 57.5 Å². The van der Waals surface area contributed by atoms with Gasteiger partial charge in [-0.15, -0.1) is 0 Å². The summed E-state index contributed by atoms with van der Waals surface area (Å²) < 4.78 is 142. The lowest BCUT2D eigenvalue weighted by atomic mass is 9.66. The van der Waals surface area contributed by atoms with Crippen LogP contribution in [0, 0.1) is 6.92 Å². The number of ketones is 1. The predicted octanol–water partition coefficient (Wildman–Crippen LogP) is 3.73. The van der Waals surface area contributed by atoms with Crippen LogP contribution in [-0.2, 0) is 56.7 Å². The average molecular weight is 798 g/mol. The molecule has 1 aliphatic carbocycles. The summed E-state index contributed by atoms with van der Waals surface area (Å²) in [4.78, 5) is -0.961. The normalized spacial score (nSPS) is 17.9. The highest BCUT2D eigenvalue weighted by Gasteiger charge is 2.54. The third-order valence-electron chi connectivity index (χ3n) is 8.84. The van der Waals surface area contributed by atoms with E-state index >= 15 is 0 Å². The topological polar surface area (TPSA) is 253 Å². The number of rotatable bonds is 14. The monoisotopic (exact) mass is 797 g/mol. The molecule has 15 nitrogen and oxygen atoms in total. The first kappa shape index (κ1) is 39.3. The number of allylic oxidation sites excluding steroid dienone is 4. The van der Waals surface area contributed by atoms with E-state index < -0.39 is 67.2 Å². The summed E-state index contributed by atoms with van der Waals surface area (Å²) in [5, 5.41) is 6.27. The Morgan fingerprint density at radius 1 is 0.731 bits per heavy atom. The first-order chi connectivity index (χ1) is 24.1. The molecule has 52 heavy (non-hydrogen) atoms. The van der Waals surface area contributed by atoms with E-state index in [0.717, 1.165) is 0 Å². The van der Waals surface area contributed by atoms with Crippen LogP contribution in [-0.4, -0.2) is 82.3 Å². The van der Waals surface area contributed by atoms with Gasteiger partial charge in [0.2, 0.25) is 0 Å². The molecule has 0 radical (unpaired) electrons. The van der Waals surface area contributed by atoms with Crippen molar-refractivity contribution in [1.82, 2.24) is 5.32 Å². The van der Waals surface area contributed by atoms with E-state index in [1.54, 1.807) is 32.1 Å². The number of anilines is 1. The van der Waals surface area contributed by atoms with Gasteiger partial charge >= 0.3 is 11.5 Å². The van der Waals surface area contributed by atoms with Gasteiger partial charge in [0.1, 0.15) is 10.3 Å². The van der Waals surface area contributed by atoms with Gasteiger partial charge in [-0.05, 0) is 62.6 Å². The van der Waals surface area contributed by atoms with Crippen molar-refractivity contribution in [1.29, 1.82) is 0 Å². The molecular weight excluding hydrogens is 761 g/mol. The second kappa shape index (κ2) is 14.5. The molecule has 5 rings (SSSR count). The predicted molar refractivity (Wildman–Crippen MR) is 193 cm³/mol. The fraction of sp³-hybridized carbons (Fsp3) is 0.303. The molecule has 6 N–H and O–H groups in total. The molecule has 2 aliphatic rings. The van der Waals surface area contributed by atoms with Gasteiger partial charge < -0.3 is 10.6 Å². The van der Waals surface area contributed by atoms with E-state index in [-0.39, 0.29) is 60.5 Å². The molecule has 0 amide bonds. The summed E-state index contributed by atoms with van der Waals surface area (Å²) in [6.45, 7) is 3.42. The van der Waals surface area contributed by atoms with Crippen LogP contribution in [0.4, 0.5) is 5.69 Å². The van der Waals surface area contributed by atoms with Crippen LogP contribution in [0.1, 0.15) is 42.0 Å². The molecule has 0 fully saturated rings. The summed E-state index contributed by atoms with van der Waals surface area (Å²) in [5.41, 5.74) is 1.04. The maximum atomic E-state index is 12.9. The molecule has 0 saturated heterocycles. The van der Waals surface area contributed by atoms with Gasteiger partial charge in [0.15, 0.2) is 0 Å². The SMILES string of the molecule is Cc1c(NCCCS(=O)(=O)O)ccc2c1[O+]=C1C(=CC(c3ccccc3S(=O)(=O)O)=C(NCCCS(=O)(=O)O)C1(C)c1ccccc1S(=O)(=O)O)C2. The zero-order valence-electron chi connectivity index (χ0n) is 27.9. The quantitative estimate of drug-likeness (QED) is 0.0773. The van der Waals surface area contributed by atoms with Crippen LogP contribution >= 0.6 is 0 Å². The molecule has 1 unspecified atom stereocenters. The molecule has 3 aromatic carbocycles. The smallest absolute Gasteiger partial charge is 0.361 e. The molecule has 280 valence electrons. The van der Waals surface area contributed by atoms with Crippen molar-refractivity contribution in [2.75, 3.05) is 29.9 Å². The van der Waals surface area contributed by atoms with Crippen molar-refractivity contribution < 1.29 is 56.3 Å². The molecule has 3 aromatic rings. The summed E-state index contributed by atoms with van der Waals surface area (Å²) in [7, 11) is -18.3. The lowest BCUT2D eigenvalue weighted by Crippen LogP contribution is -2.46. The van der Waals surface area contributed by atoms with Gasteiger partial charge in [-0.1, -0.05) is 36.4 Å². The van der Waals surface area contributed by atoms with Gasteiger partial charge in [0.05, 0.1) is 33.1 Å². The Labute approximate surface area is 302 Å². The molecule has 0 saturated carbocycles. The highest BCUT2D eigenvalue weighted by atomic mass is 32.2. The fourth-order valence-electron chi connectivity index (χ4n) is 6.55. The molecule has 1 atom stereocenters. The Morgan fingerprint density at radius 2 is 1.29 bits per heavy atom. The summed E-state index contributed by atoms with van der Waals surface area (Å²) in [5.74, 6) is -0.514. The number of carbonyl (C=O) groups excluding carboxylic acids is 1. The molecule has 1 aliphatic heterocycles. The van der Waals surface area contributed by atoms with Gasteiger partial charge in [-0.2, -0.15) is 33.7 Å². The first-order valence-corrected chi connectivity index (χ1v) is 21.9. The van der Waals surface area contributed by atoms with Crippen molar-refractivity contribution in [2.45, 2.75) is 48.3 Å². The van der Waals surface area contributed by atoms with E-state index in [1.165, 1.54) is 48.5 Å². The highest BCUT2D eigenvalue weighted by Crippen LogP contribution is 2.49. The third kappa shape index (κ3) is 8.47. The fourth-order valence-corrected chi connectivity index (χ4v) is 9.07. The Morgan fingerprint density at radius 3 is 1.88 bits per heavy atom. The minimum Gasteiger partial charge on any atom is -0.387 e. The van der Waals surface area contributed by atoms with E-state index in [9.17, 15) is 47.3 Å². The van der Waals surface area contributed by atoms with Crippen LogP contribution < -0.4 is 10.6 Å². The van der Waals surface area contributed by atoms with E-state index in [0.29, 0.717) is 28.1 Å². The lowest BCUT2D eigenvalue weighted by Gasteiger charge is -2.36. The third-order valence-corrected chi connectivity index (χ3v) is 12.3. The van der Waals surface area contributed by atoms with Gasteiger partial charge in [0.25, 0.3) is 40.5 Å². The van der Waals surface area contributed by atoms with E-state index in [2.05, 4.69) is 10.6 Å². The number of nitrogens with one attached hydrogen (secondary N) is 2. The summed E-state index contributed by atoms with van der Waals surface area (Å²) in [6, 6.07) is 14.7. The van der Waals surface area contributed by atoms with Crippen LogP contribution in [0.2, 0.25) is 0 Å². The lowest BCUT2D eigenvalue weighted by molar-refractivity contribution is -0.372. The minimum atomic E-state index is -4.90. The van der Waals surface area contributed by atoms with Gasteiger partial charge in [-0.3, -0.25) is 18.2 Å². The average Bonchev–Trinajstić information content (AvgIpc) is 3.04. The zero-order chi connectivity index (χ0) is 38.3. The van der Waals surface area contributed by atoms with Gasteiger partial charge in [-0.25, -0.2) is 4.42 Å². The van der Waals surface area contributed by atoms with Gasteiger partial charge in [0, 0.05) is 42.0 Å². The zero-order valence-corrected chi connectivity index (χ0v) is 31.2. The second-order valence-electron chi connectivity index (χ2n) is 12.5. The van der Waals surface area contributed by atoms with Crippen molar-refractivity contribution in [3.63, 3.8) is 0 Å². The Hall–Kier alpha value is -3.95. The highest BCUT2D eigenvalue weighted by molar-refractivity contribution is 7.86. The van der Waals surface area contributed by atoms with Crippen LogP contribution in [0.5, 0.6) is 5.75 Å². The molecule has 0 aromatic heterocycles. The standard InChI is InChI=1S/C33H36N2O13S4/c1-21-27(34-15-7-17-49(36,37)38)14-13-22-19-23-20-25(24-9-3-5-11-28(24)51(42,43)44)31(35-16-8-18-50(39,40)41)33(2,32(23)48-30(21)22)26-10-4-6-12-29(26)52(45,46)47/h3-6,9-14,20,34-35H,7-8,15-19H2,1-2H3,(H3-,36,37,38,39,40,41,42,43,44,45,46,47)/p+1. The summed E-state index contributed by atoms with van der Waals surface area (Å²) in [6.07, 6.45) is 1.79. The van der Waals surface area contributed by atoms with Crippen molar-refractivity contribution in [2.24, 2.45) is 0 Å². The molecule has 1 heterocycles. The Balaban J connectivity index is 1.80. The van der Waals surface area contributed by atoms with E-state index in [4.69, 9.17) is 8.98 Å². The second-order valence-corrected chi connectivity index (χ2v) is 18.4. The van der Waals surface area contributed by atoms with Crippen molar-refractivity contribution in [3.05, 3.63) is 100 Å². The first-order valence-electron chi connectivity index (χ1n) is 15.8. The molecule has 0 bridgehead atoms. The number of hydrogen-bond donors (Lipinski definition) is 6. The molecular formula is C33H37N2O13S4+. The summed E-state index contributed by atoms with van der Waals surface area (Å²) >= 11 is 0. The van der Waals surface area contributed by atoms with Crippen LogP contribution in [0.3, 0.4) is 0 Å². The Kier molecular flexibility index (Phi) is 10.9.